The Balaban J connectivity index is 1.63. The minimum Gasteiger partial charge on any atom is -0.486 e. The van der Waals surface area contributed by atoms with E-state index in [-0.39, 0.29) is 22.8 Å². The standard InChI is InChI=1S/C20H19N5O5/c1-2-23(11-15-4-3-5-18-19(15)30-9-8-29-18)20(26)14-6-7-16(17(10-14)25(27)28)24-13-21-12-22-24/h3-7,10,12-13H,2,8-9,11H2,1H3. The van der Waals surface area contributed by atoms with Gasteiger partial charge in [0.05, 0.1) is 4.92 Å². The van der Waals surface area contributed by atoms with Gasteiger partial charge in [0, 0.05) is 30.3 Å². The molecule has 154 valence electrons. The first-order chi connectivity index (χ1) is 14.6. The molecule has 30 heavy (non-hydrogen) atoms. The first kappa shape index (κ1) is 19.4. The lowest BCUT2D eigenvalue weighted by atomic mass is 10.1. The summed E-state index contributed by atoms with van der Waals surface area (Å²) in [6, 6.07) is 9.85. The zero-order valence-corrected chi connectivity index (χ0v) is 16.2. The van der Waals surface area contributed by atoms with E-state index in [2.05, 4.69) is 10.1 Å². The normalized spacial score (nSPS) is 12.4. The highest BCUT2D eigenvalue weighted by atomic mass is 16.6. The van der Waals surface area contributed by atoms with Gasteiger partial charge in [-0.25, -0.2) is 9.67 Å². The largest absolute Gasteiger partial charge is 0.486 e. The summed E-state index contributed by atoms with van der Waals surface area (Å²) in [5.41, 5.74) is 1.04. The van der Waals surface area contributed by atoms with Crippen LogP contribution in [0.1, 0.15) is 22.8 Å². The van der Waals surface area contributed by atoms with Crippen molar-refractivity contribution in [3.63, 3.8) is 0 Å². The third-order valence-corrected chi connectivity index (χ3v) is 4.76. The van der Waals surface area contributed by atoms with Crippen molar-refractivity contribution in [2.45, 2.75) is 13.5 Å². The molecule has 0 N–H and O–H groups in total. The van der Waals surface area contributed by atoms with Crippen molar-refractivity contribution in [3.8, 4) is 17.2 Å². The van der Waals surface area contributed by atoms with Crippen molar-refractivity contribution in [1.82, 2.24) is 19.7 Å². The fourth-order valence-corrected chi connectivity index (χ4v) is 3.30. The maximum absolute atomic E-state index is 13.1. The lowest BCUT2D eigenvalue weighted by Crippen LogP contribution is -2.31. The summed E-state index contributed by atoms with van der Waals surface area (Å²) >= 11 is 0. The molecule has 2 aromatic carbocycles. The number of ether oxygens (including phenoxy) is 2. The molecule has 1 aromatic heterocycles. The lowest BCUT2D eigenvalue weighted by molar-refractivity contribution is -0.384. The number of amides is 1. The van der Waals surface area contributed by atoms with Gasteiger partial charge in [-0.3, -0.25) is 14.9 Å². The molecule has 1 aliphatic heterocycles. The van der Waals surface area contributed by atoms with Crippen LogP contribution in [-0.2, 0) is 6.54 Å². The van der Waals surface area contributed by atoms with Gasteiger partial charge in [-0.2, -0.15) is 5.10 Å². The van der Waals surface area contributed by atoms with Crippen molar-refractivity contribution in [3.05, 3.63) is 70.3 Å². The van der Waals surface area contributed by atoms with E-state index >= 15 is 0 Å². The average Bonchev–Trinajstić information content (AvgIpc) is 3.31. The quantitative estimate of drug-likeness (QED) is 0.454. The second-order valence-electron chi connectivity index (χ2n) is 6.56. The molecular formula is C20H19N5O5. The van der Waals surface area contributed by atoms with E-state index in [0.717, 1.165) is 5.56 Å². The van der Waals surface area contributed by atoms with Gasteiger partial charge in [0.2, 0.25) is 0 Å². The van der Waals surface area contributed by atoms with Crippen LogP contribution in [-0.4, -0.2) is 50.3 Å². The predicted octanol–water partition coefficient (Wildman–Crippen LogP) is 2.61. The number of carbonyl (C=O) groups is 1. The second-order valence-corrected chi connectivity index (χ2v) is 6.56. The molecule has 0 bridgehead atoms. The number of hydrogen-bond donors (Lipinski definition) is 0. The Hall–Kier alpha value is -3.95. The number of fused-ring (bicyclic) bond motifs is 1. The van der Waals surface area contributed by atoms with E-state index in [1.165, 1.54) is 29.5 Å². The molecule has 0 atom stereocenters. The van der Waals surface area contributed by atoms with Crippen molar-refractivity contribution < 1.29 is 19.2 Å². The molecule has 3 aromatic rings. The van der Waals surface area contributed by atoms with Gasteiger partial charge >= 0.3 is 0 Å². The molecule has 0 aliphatic carbocycles. The van der Waals surface area contributed by atoms with Crippen molar-refractivity contribution in [1.29, 1.82) is 0 Å². The monoisotopic (exact) mass is 409 g/mol. The van der Waals surface area contributed by atoms with E-state index < -0.39 is 4.92 Å². The smallest absolute Gasteiger partial charge is 0.295 e. The Labute approximate surface area is 171 Å². The second kappa shape index (κ2) is 8.19. The summed E-state index contributed by atoms with van der Waals surface area (Å²) in [6.45, 7) is 3.49. The average molecular weight is 409 g/mol. The number of nitro groups is 1. The van der Waals surface area contributed by atoms with Crippen LogP contribution in [0.15, 0.2) is 49.1 Å². The SMILES string of the molecule is CCN(Cc1cccc2c1OCCO2)C(=O)c1ccc(-n2cncn2)c([N+](=O)[O-])c1. The van der Waals surface area contributed by atoms with Crippen LogP contribution in [0.4, 0.5) is 5.69 Å². The first-order valence-electron chi connectivity index (χ1n) is 9.38. The van der Waals surface area contributed by atoms with Gasteiger partial charge in [-0.1, -0.05) is 12.1 Å². The Morgan fingerprint density at radius 3 is 2.83 bits per heavy atom. The Morgan fingerprint density at radius 2 is 2.10 bits per heavy atom. The van der Waals surface area contributed by atoms with Crippen LogP contribution in [0.3, 0.4) is 0 Å². The van der Waals surface area contributed by atoms with Crippen molar-refractivity contribution in [2.24, 2.45) is 0 Å². The minimum absolute atomic E-state index is 0.217. The van der Waals surface area contributed by atoms with Crippen molar-refractivity contribution in [2.75, 3.05) is 19.8 Å². The maximum atomic E-state index is 13.1. The molecule has 4 rings (SSSR count). The third kappa shape index (κ3) is 3.66. The van der Waals surface area contributed by atoms with E-state index in [4.69, 9.17) is 9.47 Å². The fraction of sp³-hybridized carbons (Fsp3) is 0.250. The molecule has 0 fully saturated rings. The molecule has 2 heterocycles. The number of nitrogens with zero attached hydrogens (tertiary/aromatic N) is 5. The molecule has 0 saturated heterocycles. The van der Waals surface area contributed by atoms with Gasteiger partial charge in [0.1, 0.15) is 31.6 Å². The molecule has 0 saturated carbocycles. The minimum atomic E-state index is -0.539. The molecule has 0 radical (unpaired) electrons. The van der Waals surface area contributed by atoms with E-state index in [0.29, 0.717) is 37.8 Å². The van der Waals surface area contributed by atoms with E-state index in [9.17, 15) is 14.9 Å². The molecular weight excluding hydrogens is 390 g/mol. The van der Waals surface area contributed by atoms with Crippen molar-refractivity contribution >= 4 is 11.6 Å². The molecule has 1 aliphatic rings. The topological polar surface area (TPSA) is 113 Å². The molecule has 10 heteroatoms. The Bertz CT molecular complexity index is 1080. The number of benzene rings is 2. The maximum Gasteiger partial charge on any atom is 0.295 e. The number of rotatable bonds is 6. The zero-order valence-electron chi connectivity index (χ0n) is 16.2. The molecule has 0 spiro atoms. The van der Waals surface area contributed by atoms with Gasteiger partial charge < -0.3 is 14.4 Å². The summed E-state index contributed by atoms with van der Waals surface area (Å²) in [6.07, 6.45) is 2.65. The molecule has 0 unspecified atom stereocenters. The third-order valence-electron chi connectivity index (χ3n) is 4.76. The van der Waals surface area contributed by atoms with Gasteiger partial charge in [-0.05, 0) is 25.1 Å². The predicted molar refractivity (Wildman–Crippen MR) is 106 cm³/mol. The van der Waals surface area contributed by atoms with Crippen LogP contribution in [0.25, 0.3) is 5.69 Å². The summed E-state index contributed by atoms with van der Waals surface area (Å²) in [4.78, 5) is 29.6. The van der Waals surface area contributed by atoms with Gasteiger partial charge in [0.15, 0.2) is 11.5 Å². The Morgan fingerprint density at radius 1 is 1.27 bits per heavy atom. The highest BCUT2D eigenvalue weighted by Gasteiger charge is 2.24. The van der Waals surface area contributed by atoms with Crippen LogP contribution in [0, 0.1) is 10.1 Å². The van der Waals surface area contributed by atoms with Gasteiger partial charge in [0.25, 0.3) is 11.6 Å². The summed E-state index contributed by atoms with van der Waals surface area (Å²) in [5.74, 6) is 0.956. The molecule has 1 amide bonds. The summed E-state index contributed by atoms with van der Waals surface area (Å²) in [7, 11) is 0. The highest BCUT2D eigenvalue weighted by molar-refractivity contribution is 5.95. The number of aromatic nitrogens is 3. The van der Waals surface area contributed by atoms with Crippen LogP contribution < -0.4 is 9.47 Å². The van der Waals surface area contributed by atoms with E-state index in [1.54, 1.807) is 11.0 Å². The highest BCUT2D eigenvalue weighted by Crippen LogP contribution is 2.34. The summed E-state index contributed by atoms with van der Waals surface area (Å²) < 4.78 is 12.6. The van der Waals surface area contributed by atoms with Gasteiger partial charge in [-0.15, -0.1) is 0 Å². The Kier molecular flexibility index (Phi) is 5.29. The van der Waals surface area contributed by atoms with Crippen LogP contribution >= 0.6 is 0 Å². The van der Waals surface area contributed by atoms with Crippen LogP contribution in [0.2, 0.25) is 0 Å². The van der Waals surface area contributed by atoms with Crippen LogP contribution in [0.5, 0.6) is 11.5 Å². The summed E-state index contributed by atoms with van der Waals surface area (Å²) in [5, 5.41) is 15.5. The fourth-order valence-electron chi connectivity index (χ4n) is 3.30. The molecule has 10 nitrogen and oxygen atoms in total. The number of hydrogen-bond acceptors (Lipinski definition) is 7. The number of para-hydroxylation sites is 1. The number of nitro benzene ring substituents is 1. The first-order valence-corrected chi connectivity index (χ1v) is 9.38. The van der Waals surface area contributed by atoms with E-state index in [1.807, 2.05) is 25.1 Å². The lowest BCUT2D eigenvalue weighted by Gasteiger charge is -2.25. The number of carbonyl (C=O) groups excluding carboxylic acids is 1. The zero-order chi connectivity index (χ0) is 21.1.